The van der Waals surface area contributed by atoms with Gasteiger partial charge in [0, 0.05) is 0 Å². The standard InChI is InChI=1S/C12H21NO5/c1-7-8(9(14)15)17-12(5,6)13(7)10(16)18-11(2,3)4/h7-8H,1-6H3,(H,14,15)/t7-,8+/m1/s1. The van der Waals surface area contributed by atoms with Gasteiger partial charge in [0.25, 0.3) is 0 Å². The average molecular weight is 259 g/mol. The third kappa shape index (κ3) is 2.93. The third-order valence-electron chi connectivity index (χ3n) is 2.67. The SMILES string of the molecule is C[C@@H]1[C@@H](C(=O)O)OC(C)(C)N1C(=O)OC(C)(C)C. The zero-order chi connectivity index (χ0) is 14.3. The van der Waals surface area contributed by atoms with Crippen LogP contribution in [0.25, 0.3) is 0 Å². The van der Waals surface area contributed by atoms with Crippen molar-refractivity contribution in [1.29, 1.82) is 0 Å². The number of carboxylic acids is 1. The van der Waals surface area contributed by atoms with Gasteiger partial charge in [-0.05, 0) is 41.5 Å². The summed E-state index contributed by atoms with van der Waals surface area (Å²) in [6.07, 6.45) is -1.60. The Labute approximate surface area is 107 Å². The van der Waals surface area contributed by atoms with E-state index >= 15 is 0 Å². The summed E-state index contributed by atoms with van der Waals surface area (Å²) in [4.78, 5) is 24.5. The van der Waals surface area contributed by atoms with Crippen molar-refractivity contribution in [2.24, 2.45) is 0 Å². The molecule has 0 bridgehead atoms. The highest BCUT2D eigenvalue weighted by Crippen LogP contribution is 2.33. The second-order valence-electron chi connectivity index (χ2n) is 5.91. The van der Waals surface area contributed by atoms with Crippen molar-refractivity contribution in [2.45, 2.75) is 65.0 Å². The van der Waals surface area contributed by atoms with E-state index in [9.17, 15) is 9.59 Å². The minimum atomic E-state index is -1.08. The first-order valence-electron chi connectivity index (χ1n) is 5.88. The van der Waals surface area contributed by atoms with E-state index < -0.39 is 35.5 Å². The summed E-state index contributed by atoms with van der Waals surface area (Å²) in [5.41, 5.74) is -1.63. The van der Waals surface area contributed by atoms with Crippen molar-refractivity contribution >= 4 is 12.1 Å². The number of aliphatic carboxylic acids is 1. The molecule has 0 saturated carbocycles. The quantitative estimate of drug-likeness (QED) is 0.777. The van der Waals surface area contributed by atoms with Gasteiger partial charge in [-0.2, -0.15) is 0 Å². The lowest BCUT2D eigenvalue weighted by atomic mass is 10.1. The van der Waals surface area contributed by atoms with Crippen molar-refractivity contribution in [3.8, 4) is 0 Å². The topological polar surface area (TPSA) is 76.1 Å². The van der Waals surface area contributed by atoms with Crippen molar-refractivity contribution in [3.63, 3.8) is 0 Å². The molecule has 1 aliphatic rings. The van der Waals surface area contributed by atoms with Crippen LogP contribution >= 0.6 is 0 Å². The van der Waals surface area contributed by atoms with Gasteiger partial charge in [-0.1, -0.05) is 0 Å². The Morgan fingerprint density at radius 2 is 1.83 bits per heavy atom. The maximum atomic E-state index is 12.1. The first-order valence-corrected chi connectivity index (χ1v) is 5.88. The Kier molecular flexibility index (Phi) is 3.63. The second kappa shape index (κ2) is 4.42. The molecule has 0 unspecified atom stereocenters. The molecule has 0 spiro atoms. The fourth-order valence-electron chi connectivity index (χ4n) is 2.05. The van der Waals surface area contributed by atoms with E-state index in [0.29, 0.717) is 0 Å². The van der Waals surface area contributed by atoms with Gasteiger partial charge in [0.1, 0.15) is 11.3 Å². The molecule has 6 heteroatoms. The summed E-state index contributed by atoms with van der Waals surface area (Å²) in [5, 5.41) is 9.04. The number of carbonyl (C=O) groups is 2. The first kappa shape index (κ1) is 14.8. The van der Waals surface area contributed by atoms with E-state index in [2.05, 4.69) is 0 Å². The summed E-state index contributed by atoms with van der Waals surface area (Å²) < 4.78 is 10.7. The van der Waals surface area contributed by atoms with E-state index in [1.54, 1.807) is 41.5 Å². The van der Waals surface area contributed by atoms with Gasteiger partial charge < -0.3 is 14.6 Å². The molecule has 0 aromatic rings. The van der Waals surface area contributed by atoms with Crippen molar-refractivity contribution in [3.05, 3.63) is 0 Å². The third-order valence-corrected chi connectivity index (χ3v) is 2.67. The maximum absolute atomic E-state index is 12.1. The van der Waals surface area contributed by atoms with E-state index in [4.69, 9.17) is 14.6 Å². The normalized spacial score (nSPS) is 27.1. The van der Waals surface area contributed by atoms with Crippen LogP contribution < -0.4 is 0 Å². The fourth-order valence-corrected chi connectivity index (χ4v) is 2.05. The van der Waals surface area contributed by atoms with E-state index in [1.807, 2.05) is 0 Å². The minimum absolute atomic E-state index is 0.566. The molecule has 1 aliphatic heterocycles. The molecule has 6 nitrogen and oxygen atoms in total. The molecular weight excluding hydrogens is 238 g/mol. The molecule has 1 saturated heterocycles. The Hall–Kier alpha value is -1.30. The van der Waals surface area contributed by atoms with Crippen LogP contribution in [0.4, 0.5) is 4.79 Å². The monoisotopic (exact) mass is 259 g/mol. The number of hydrogen-bond donors (Lipinski definition) is 1. The summed E-state index contributed by atoms with van der Waals surface area (Å²) >= 11 is 0. The molecule has 0 aliphatic carbocycles. The first-order chi connectivity index (χ1) is 7.96. The number of carbonyl (C=O) groups excluding carboxylic acids is 1. The fraction of sp³-hybridized carbons (Fsp3) is 0.833. The Morgan fingerprint density at radius 3 is 2.17 bits per heavy atom. The van der Waals surface area contributed by atoms with Crippen molar-refractivity contribution in [1.82, 2.24) is 4.90 Å². The number of hydrogen-bond acceptors (Lipinski definition) is 4. The van der Waals surface area contributed by atoms with Gasteiger partial charge >= 0.3 is 12.1 Å². The predicted molar refractivity (Wildman–Crippen MR) is 64.1 cm³/mol. The highest BCUT2D eigenvalue weighted by molar-refractivity contribution is 5.77. The summed E-state index contributed by atoms with van der Waals surface area (Å²) in [5.74, 6) is -1.08. The zero-order valence-corrected chi connectivity index (χ0v) is 11.7. The molecule has 1 heterocycles. The number of nitrogens with zero attached hydrogens (tertiary/aromatic N) is 1. The van der Waals surface area contributed by atoms with E-state index in [0.717, 1.165) is 0 Å². The molecule has 0 radical (unpaired) electrons. The van der Waals surface area contributed by atoms with Gasteiger partial charge in [-0.15, -0.1) is 0 Å². The van der Waals surface area contributed by atoms with Crippen LogP contribution in [0.15, 0.2) is 0 Å². The van der Waals surface area contributed by atoms with Crippen LogP contribution in [0.5, 0.6) is 0 Å². The Balaban J connectivity index is 2.93. The largest absolute Gasteiger partial charge is 0.479 e. The van der Waals surface area contributed by atoms with Crippen LogP contribution in [0.1, 0.15) is 41.5 Å². The molecule has 1 rings (SSSR count). The summed E-state index contributed by atoms with van der Waals surface area (Å²) in [6, 6.07) is -0.577. The molecule has 1 fully saturated rings. The van der Waals surface area contributed by atoms with Gasteiger partial charge in [-0.3, -0.25) is 4.90 Å². The number of amides is 1. The molecule has 18 heavy (non-hydrogen) atoms. The smallest absolute Gasteiger partial charge is 0.412 e. The van der Waals surface area contributed by atoms with Gasteiger partial charge in [0.05, 0.1) is 6.04 Å². The average Bonchev–Trinajstić information content (AvgIpc) is 2.33. The molecule has 2 atom stereocenters. The number of rotatable bonds is 1. The Morgan fingerprint density at radius 1 is 1.33 bits per heavy atom. The highest BCUT2D eigenvalue weighted by Gasteiger charge is 2.51. The van der Waals surface area contributed by atoms with Crippen LogP contribution in [0.2, 0.25) is 0 Å². The van der Waals surface area contributed by atoms with E-state index in [-0.39, 0.29) is 0 Å². The van der Waals surface area contributed by atoms with E-state index in [1.165, 1.54) is 4.90 Å². The van der Waals surface area contributed by atoms with Crippen LogP contribution in [0.3, 0.4) is 0 Å². The minimum Gasteiger partial charge on any atom is -0.479 e. The molecule has 104 valence electrons. The number of ether oxygens (including phenoxy) is 2. The predicted octanol–water partition coefficient (Wildman–Crippen LogP) is 1.83. The van der Waals surface area contributed by atoms with Crippen molar-refractivity contribution in [2.75, 3.05) is 0 Å². The van der Waals surface area contributed by atoms with Gasteiger partial charge in [-0.25, -0.2) is 9.59 Å². The van der Waals surface area contributed by atoms with Gasteiger partial charge in [0.2, 0.25) is 0 Å². The van der Waals surface area contributed by atoms with Crippen LogP contribution in [0, 0.1) is 0 Å². The van der Waals surface area contributed by atoms with Crippen molar-refractivity contribution < 1.29 is 24.2 Å². The molecule has 1 N–H and O–H groups in total. The van der Waals surface area contributed by atoms with Crippen LogP contribution in [-0.2, 0) is 14.3 Å². The van der Waals surface area contributed by atoms with Gasteiger partial charge in [0.15, 0.2) is 6.10 Å². The summed E-state index contributed by atoms with van der Waals surface area (Å²) in [6.45, 7) is 10.2. The lowest BCUT2D eigenvalue weighted by molar-refractivity contribution is -0.155. The zero-order valence-electron chi connectivity index (χ0n) is 11.7. The molecular formula is C12H21NO5. The van der Waals surface area contributed by atoms with Crippen LogP contribution in [-0.4, -0.2) is 45.5 Å². The highest BCUT2D eigenvalue weighted by atomic mass is 16.6. The number of carboxylic acid groups (broad SMARTS) is 1. The maximum Gasteiger partial charge on any atom is 0.412 e. The molecule has 0 aromatic heterocycles. The Bertz CT molecular complexity index is 358. The summed E-state index contributed by atoms with van der Waals surface area (Å²) in [7, 11) is 0. The lowest BCUT2D eigenvalue weighted by Gasteiger charge is -2.33. The lowest BCUT2D eigenvalue weighted by Crippen LogP contribution is -2.49. The molecule has 1 amide bonds. The molecule has 0 aromatic carbocycles. The second-order valence-corrected chi connectivity index (χ2v) is 5.91.